The summed E-state index contributed by atoms with van der Waals surface area (Å²) in [7, 11) is 3.57. The lowest BCUT2D eigenvalue weighted by Crippen LogP contribution is -2.35. The molecule has 0 bridgehead atoms. The van der Waals surface area contributed by atoms with Gasteiger partial charge in [-0.1, -0.05) is 24.3 Å². The number of nitrogens with one attached hydrogen (secondary N) is 1. The summed E-state index contributed by atoms with van der Waals surface area (Å²) in [6.45, 7) is 3.00. The summed E-state index contributed by atoms with van der Waals surface area (Å²) >= 11 is 0. The van der Waals surface area contributed by atoms with E-state index in [0.717, 1.165) is 28.0 Å². The molecule has 3 rings (SSSR count). The Kier molecular flexibility index (Phi) is 4.88. The van der Waals surface area contributed by atoms with Crippen molar-refractivity contribution >= 4 is 22.5 Å². The van der Waals surface area contributed by atoms with Crippen LogP contribution in [-0.2, 0) is 13.6 Å². The van der Waals surface area contributed by atoms with E-state index in [0.29, 0.717) is 13.1 Å². The number of urea groups is 1. The predicted molar refractivity (Wildman–Crippen MR) is 98.8 cm³/mol. The van der Waals surface area contributed by atoms with Crippen molar-refractivity contribution in [2.75, 3.05) is 19.0 Å². The number of hydrogen-bond donors (Lipinski definition) is 1. The van der Waals surface area contributed by atoms with Crippen LogP contribution in [0.5, 0.6) is 5.75 Å². The first-order valence-corrected chi connectivity index (χ1v) is 8.22. The van der Waals surface area contributed by atoms with Gasteiger partial charge in [0, 0.05) is 36.8 Å². The summed E-state index contributed by atoms with van der Waals surface area (Å²) in [5.41, 5.74) is 0.764. The lowest BCUT2D eigenvalue weighted by Gasteiger charge is -2.22. The van der Waals surface area contributed by atoms with Crippen LogP contribution in [0.15, 0.2) is 48.8 Å². The SMILES string of the molecule is CCN(Cc1nccn1C)C(=O)Nc1ccc(OC)c2ccccc12. The molecular formula is C19H22N4O2. The van der Waals surface area contributed by atoms with Crippen LogP contribution in [0.25, 0.3) is 10.8 Å². The summed E-state index contributed by atoms with van der Waals surface area (Å²) in [6.07, 6.45) is 3.61. The van der Waals surface area contributed by atoms with Crippen molar-refractivity contribution in [1.82, 2.24) is 14.5 Å². The molecule has 0 radical (unpaired) electrons. The van der Waals surface area contributed by atoms with Crippen LogP contribution in [0.3, 0.4) is 0 Å². The van der Waals surface area contributed by atoms with Crippen molar-refractivity contribution < 1.29 is 9.53 Å². The molecule has 1 N–H and O–H groups in total. The standard InChI is InChI=1S/C19H22N4O2/c1-4-23(13-18-20-11-12-22(18)2)19(24)21-16-9-10-17(25-3)15-8-6-5-7-14(15)16/h5-12H,4,13H2,1-3H3,(H,21,24). The minimum atomic E-state index is -0.152. The van der Waals surface area contributed by atoms with Gasteiger partial charge in [0.05, 0.1) is 19.3 Å². The van der Waals surface area contributed by atoms with Crippen molar-refractivity contribution in [3.8, 4) is 5.75 Å². The highest BCUT2D eigenvalue weighted by atomic mass is 16.5. The van der Waals surface area contributed by atoms with E-state index >= 15 is 0 Å². The summed E-state index contributed by atoms with van der Waals surface area (Å²) in [4.78, 5) is 18.7. The average molecular weight is 338 g/mol. The Labute approximate surface area is 147 Å². The second-order valence-corrected chi connectivity index (χ2v) is 5.76. The zero-order valence-corrected chi connectivity index (χ0v) is 14.7. The Hall–Kier alpha value is -3.02. The number of aryl methyl sites for hydroxylation is 1. The van der Waals surface area contributed by atoms with Gasteiger partial charge in [0.25, 0.3) is 0 Å². The fourth-order valence-electron chi connectivity index (χ4n) is 2.80. The lowest BCUT2D eigenvalue weighted by molar-refractivity contribution is 0.210. The van der Waals surface area contributed by atoms with Crippen LogP contribution >= 0.6 is 0 Å². The zero-order valence-electron chi connectivity index (χ0n) is 14.7. The van der Waals surface area contributed by atoms with Gasteiger partial charge in [-0.15, -0.1) is 0 Å². The number of amides is 2. The highest BCUT2D eigenvalue weighted by molar-refractivity contribution is 6.03. The van der Waals surface area contributed by atoms with Crippen molar-refractivity contribution in [2.45, 2.75) is 13.5 Å². The largest absolute Gasteiger partial charge is 0.496 e. The maximum Gasteiger partial charge on any atom is 0.322 e. The molecule has 2 amide bonds. The monoisotopic (exact) mass is 338 g/mol. The minimum Gasteiger partial charge on any atom is -0.496 e. The number of ether oxygens (including phenoxy) is 1. The number of carbonyl (C=O) groups excluding carboxylic acids is 1. The summed E-state index contributed by atoms with van der Waals surface area (Å²) in [6, 6.07) is 11.4. The van der Waals surface area contributed by atoms with Gasteiger partial charge >= 0.3 is 6.03 Å². The Bertz CT molecular complexity index is 888. The molecule has 0 saturated carbocycles. The van der Waals surface area contributed by atoms with E-state index in [1.807, 2.05) is 61.1 Å². The van der Waals surface area contributed by atoms with E-state index < -0.39 is 0 Å². The molecule has 0 aliphatic rings. The number of aromatic nitrogens is 2. The molecule has 0 spiro atoms. The third kappa shape index (κ3) is 3.42. The van der Waals surface area contributed by atoms with Crippen molar-refractivity contribution in [3.05, 3.63) is 54.6 Å². The lowest BCUT2D eigenvalue weighted by atomic mass is 10.1. The molecule has 25 heavy (non-hydrogen) atoms. The van der Waals surface area contributed by atoms with Gasteiger partial charge in [-0.2, -0.15) is 0 Å². The van der Waals surface area contributed by atoms with E-state index in [1.54, 1.807) is 18.2 Å². The third-order valence-corrected chi connectivity index (χ3v) is 4.27. The smallest absolute Gasteiger partial charge is 0.322 e. The molecule has 1 heterocycles. The Morgan fingerprint density at radius 1 is 1.24 bits per heavy atom. The molecule has 6 heteroatoms. The molecule has 1 aromatic heterocycles. The summed E-state index contributed by atoms with van der Waals surface area (Å²) < 4.78 is 7.32. The van der Waals surface area contributed by atoms with E-state index in [1.165, 1.54) is 0 Å². The first-order valence-electron chi connectivity index (χ1n) is 8.22. The Morgan fingerprint density at radius 3 is 2.64 bits per heavy atom. The number of rotatable bonds is 5. The molecule has 3 aromatic rings. The van der Waals surface area contributed by atoms with Gasteiger partial charge in [0.15, 0.2) is 0 Å². The Balaban J connectivity index is 1.85. The number of hydrogen-bond acceptors (Lipinski definition) is 3. The topological polar surface area (TPSA) is 59.4 Å². The molecule has 6 nitrogen and oxygen atoms in total. The van der Waals surface area contributed by atoms with Crippen LogP contribution in [0, 0.1) is 0 Å². The fourth-order valence-corrected chi connectivity index (χ4v) is 2.80. The molecule has 130 valence electrons. The molecule has 0 saturated heterocycles. The molecule has 0 unspecified atom stereocenters. The normalized spacial score (nSPS) is 10.7. The number of fused-ring (bicyclic) bond motifs is 1. The van der Waals surface area contributed by atoms with Crippen molar-refractivity contribution in [1.29, 1.82) is 0 Å². The highest BCUT2D eigenvalue weighted by Crippen LogP contribution is 2.31. The number of benzene rings is 2. The van der Waals surface area contributed by atoms with Crippen LogP contribution in [0.4, 0.5) is 10.5 Å². The third-order valence-electron chi connectivity index (χ3n) is 4.27. The van der Waals surface area contributed by atoms with E-state index in [-0.39, 0.29) is 6.03 Å². The zero-order chi connectivity index (χ0) is 17.8. The number of carbonyl (C=O) groups is 1. The number of nitrogens with zero attached hydrogens (tertiary/aromatic N) is 3. The second-order valence-electron chi connectivity index (χ2n) is 5.76. The molecule has 2 aromatic carbocycles. The molecular weight excluding hydrogens is 316 g/mol. The maximum absolute atomic E-state index is 12.7. The molecule has 0 aliphatic heterocycles. The van der Waals surface area contributed by atoms with Gasteiger partial charge in [-0.05, 0) is 19.1 Å². The van der Waals surface area contributed by atoms with Crippen LogP contribution in [0.1, 0.15) is 12.7 Å². The van der Waals surface area contributed by atoms with Gasteiger partial charge in [-0.3, -0.25) is 0 Å². The predicted octanol–water partition coefficient (Wildman–Crippen LogP) is 3.64. The maximum atomic E-state index is 12.7. The van der Waals surface area contributed by atoms with E-state index in [4.69, 9.17) is 4.74 Å². The van der Waals surface area contributed by atoms with E-state index in [2.05, 4.69) is 10.3 Å². The minimum absolute atomic E-state index is 0.152. The number of anilines is 1. The van der Waals surface area contributed by atoms with Gasteiger partial charge in [0.1, 0.15) is 11.6 Å². The average Bonchev–Trinajstić information content (AvgIpc) is 3.04. The van der Waals surface area contributed by atoms with Crippen molar-refractivity contribution in [2.24, 2.45) is 7.05 Å². The van der Waals surface area contributed by atoms with Gasteiger partial charge in [0.2, 0.25) is 0 Å². The molecule has 0 fully saturated rings. The number of methoxy groups -OCH3 is 1. The summed E-state index contributed by atoms with van der Waals surface area (Å²) in [5.74, 6) is 1.63. The Morgan fingerprint density at radius 2 is 2.00 bits per heavy atom. The molecule has 0 atom stereocenters. The first-order chi connectivity index (χ1) is 12.1. The van der Waals surface area contributed by atoms with Crippen LogP contribution < -0.4 is 10.1 Å². The van der Waals surface area contributed by atoms with Crippen molar-refractivity contribution in [3.63, 3.8) is 0 Å². The highest BCUT2D eigenvalue weighted by Gasteiger charge is 2.16. The number of imidazole rings is 1. The van der Waals surface area contributed by atoms with Crippen LogP contribution in [0.2, 0.25) is 0 Å². The van der Waals surface area contributed by atoms with Crippen LogP contribution in [-0.4, -0.2) is 34.1 Å². The summed E-state index contributed by atoms with van der Waals surface area (Å²) in [5, 5.41) is 4.93. The molecule has 0 aliphatic carbocycles. The second kappa shape index (κ2) is 7.25. The van der Waals surface area contributed by atoms with E-state index in [9.17, 15) is 4.79 Å². The van der Waals surface area contributed by atoms with Gasteiger partial charge < -0.3 is 19.5 Å². The first kappa shape index (κ1) is 16.8. The quantitative estimate of drug-likeness (QED) is 0.773. The fraction of sp³-hybridized carbons (Fsp3) is 0.263. The van der Waals surface area contributed by atoms with Gasteiger partial charge in [-0.25, -0.2) is 9.78 Å².